The van der Waals surface area contributed by atoms with Crippen LogP contribution in [0.3, 0.4) is 0 Å². The average Bonchev–Trinajstić information content (AvgIpc) is 2.64. The number of aromatic nitrogens is 1. The van der Waals surface area contributed by atoms with Gasteiger partial charge in [0.2, 0.25) is 5.91 Å². The normalized spacial score (nSPS) is 11.5. The van der Waals surface area contributed by atoms with Crippen molar-refractivity contribution in [2.45, 2.75) is 47.5 Å². The van der Waals surface area contributed by atoms with Gasteiger partial charge in [0.05, 0.1) is 27.7 Å². The SMILES string of the molecule is CCCNC(=O)C(C)(C)COc1c(C)ccc2nc(CC)c(C(=O)O)c(N)c12. The maximum Gasteiger partial charge on any atom is 0.339 e. The van der Waals surface area contributed by atoms with E-state index < -0.39 is 11.4 Å². The van der Waals surface area contributed by atoms with Gasteiger partial charge in [0.25, 0.3) is 0 Å². The maximum atomic E-state index is 12.4. The first kappa shape index (κ1) is 21.5. The van der Waals surface area contributed by atoms with Gasteiger partial charge in [-0.3, -0.25) is 9.78 Å². The third-order valence-corrected chi connectivity index (χ3v) is 4.69. The molecule has 0 unspecified atom stereocenters. The fourth-order valence-corrected chi connectivity index (χ4v) is 2.99. The maximum absolute atomic E-state index is 12.4. The Bertz CT molecular complexity index is 906. The second-order valence-electron chi connectivity index (χ2n) is 7.54. The second kappa shape index (κ2) is 8.46. The Morgan fingerprint density at radius 1 is 1.29 bits per heavy atom. The van der Waals surface area contributed by atoms with Crippen LogP contribution in [0.1, 0.15) is 55.7 Å². The topological polar surface area (TPSA) is 115 Å². The van der Waals surface area contributed by atoms with Crippen molar-refractivity contribution in [1.29, 1.82) is 0 Å². The van der Waals surface area contributed by atoms with E-state index >= 15 is 0 Å². The van der Waals surface area contributed by atoms with Crippen LogP contribution in [0.15, 0.2) is 12.1 Å². The minimum Gasteiger partial charge on any atom is -0.491 e. The largest absolute Gasteiger partial charge is 0.491 e. The zero-order valence-corrected chi connectivity index (χ0v) is 17.2. The highest BCUT2D eigenvalue weighted by Gasteiger charge is 2.29. The minimum atomic E-state index is -1.12. The zero-order chi connectivity index (χ0) is 21.1. The molecule has 0 aliphatic carbocycles. The molecule has 7 nitrogen and oxygen atoms in total. The molecular formula is C21H29N3O4. The van der Waals surface area contributed by atoms with Crippen LogP contribution in [-0.4, -0.2) is 35.1 Å². The summed E-state index contributed by atoms with van der Waals surface area (Å²) in [6, 6.07) is 3.66. The number of amides is 1. The molecular weight excluding hydrogens is 358 g/mol. The van der Waals surface area contributed by atoms with Crippen molar-refractivity contribution < 1.29 is 19.4 Å². The van der Waals surface area contributed by atoms with E-state index in [1.54, 1.807) is 19.9 Å². The number of benzene rings is 1. The molecule has 0 bridgehead atoms. The first-order chi connectivity index (χ1) is 13.1. The summed E-state index contributed by atoms with van der Waals surface area (Å²) in [4.78, 5) is 28.6. The number of hydrogen-bond acceptors (Lipinski definition) is 5. The molecule has 7 heteroatoms. The molecule has 4 N–H and O–H groups in total. The highest BCUT2D eigenvalue weighted by atomic mass is 16.5. The molecule has 0 aliphatic rings. The van der Waals surface area contributed by atoms with Crippen LogP contribution in [0, 0.1) is 12.3 Å². The molecule has 0 saturated carbocycles. The molecule has 0 spiro atoms. The zero-order valence-electron chi connectivity index (χ0n) is 17.2. The van der Waals surface area contributed by atoms with Gasteiger partial charge in [-0.25, -0.2) is 4.79 Å². The van der Waals surface area contributed by atoms with Gasteiger partial charge in [-0.1, -0.05) is 19.9 Å². The number of carboxylic acid groups (broad SMARTS) is 1. The fourth-order valence-electron chi connectivity index (χ4n) is 2.99. The molecule has 1 aromatic heterocycles. The van der Waals surface area contributed by atoms with Gasteiger partial charge >= 0.3 is 5.97 Å². The van der Waals surface area contributed by atoms with Crippen LogP contribution in [-0.2, 0) is 11.2 Å². The van der Waals surface area contributed by atoms with Crippen LogP contribution in [0.25, 0.3) is 10.9 Å². The molecule has 152 valence electrons. The summed E-state index contributed by atoms with van der Waals surface area (Å²) >= 11 is 0. The summed E-state index contributed by atoms with van der Waals surface area (Å²) in [6.07, 6.45) is 1.31. The number of nitrogens with one attached hydrogen (secondary N) is 1. The number of nitrogens with zero attached hydrogens (tertiary/aromatic N) is 1. The Morgan fingerprint density at radius 2 is 1.96 bits per heavy atom. The van der Waals surface area contributed by atoms with Crippen molar-refractivity contribution in [3.63, 3.8) is 0 Å². The van der Waals surface area contributed by atoms with Crippen molar-refractivity contribution in [1.82, 2.24) is 10.3 Å². The van der Waals surface area contributed by atoms with E-state index in [0.29, 0.717) is 35.3 Å². The van der Waals surface area contributed by atoms with Gasteiger partial charge in [-0.2, -0.15) is 0 Å². The number of rotatable bonds is 8. The highest BCUT2D eigenvalue weighted by Crippen LogP contribution is 2.37. The molecule has 0 fully saturated rings. The summed E-state index contributed by atoms with van der Waals surface area (Å²) in [5.74, 6) is -0.752. The summed E-state index contributed by atoms with van der Waals surface area (Å²) in [6.45, 7) is 10.0. The van der Waals surface area contributed by atoms with E-state index in [0.717, 1.165) is 12.0 Å². The number of aryl methyl sites for hydroxylation is 2. The predicted molar refractivity (Wildman–Crippen MR) is 110 cm³/mol. The lowest BCUT2D eigenvalue weighted by Gasteiger charge is -2.25. The number of pyridine rings is 1. The number of nitrogens with two attached hydrogens (primary N) is 1. The third kappa shape index (κ3) is 4.18. The number of nitrogen functional groups attached to an aromatic ring is 1. The van der Waals surface area contributed by atoms with Crippen LogP contribution in [0.5, 0.6) is 5.75 Å². The van der Waals surface area contributed by atoms with Crippen molar-refractivity contribution in [3.8, 4) is 5.75 Å². The molecule has 2 rings (SSSR count). The summed E-state index contributed by atoms with van der Waals surface area (Å²) in [7, 11) is 0. The minimum absolute atomic E-state index is 0.00500. The van der Waals surface area contributed by atoms with Gasteiger partial charge in [-0.15, -0.1) is 0 Å². The first-order valence-electron chi connectivity index (χ1n) is 9.50. The number of carboxylic acids is 1. The molecule has 0 atom stereocenters. The highest BCUT2D eigenvalue weighted by molar-refractivity contribution is 6.07. The van der Waals surface area contributed by atoms with Crippen LogP contribution >= 0.6 is 0 Å². The predicted octanol–water partition coefficient (Wildman–Crippen LogP) is 3.32. The fraction of sp³-hybridized carbons (Fsp3) is 0.476. The van der Waals surface area contributed by atoms with Crippen LogP contribution < -0.4 is 15.8 Å². The molecule has 1 aromatic carbocycles. The number of aromatic carboxylic acids is 1. The lowest BCUT2D eigenvalue weighted by molar-refractivity contribution is -0.130. The number of anilines is 1. The number of carbonyl (C=O) groups excluding carboxylic acids is 1. The van der Waals surface area contributed by atoms with Crippen LogP contribution in [0.4, 0.5) is 5.69 Å². The standard InChI is InChI=1S/C21H29N3O4/c1-6-10-23-20(27)21(4,5)11-28-18-12(3)8-9-14-15(18)17(22)16(19(25)26)13(7-2)24-14/h8-9H,6-7,10-11H2,1-5H3,(H2,22,24)(H,23,27)(H,25,26). The van der Waals surface area contributed by atoms with Gasteiger partial charge < -0.3 is 20.9 Å². The van der Waals surface area contributed by atoms with Crippen molar-refractivity contribution in [2.24, 2.45) is 5.41 Å². The average molecular weight is 387 g/mol. The lowest BCUT2D eigenvalue weighted by Crippen LogP contribution is -2.41. The number of carbonyl (C=O) groups is 2. The quantitative estimate of drug-likeness (QED) is 0.640. The number of hydrogen-bond donors (Lipinski definition) is 3. The van der Waals surface area contributed by atoms with E-state index in [1.807, 2.05) is 26.8 Å². The van der Waals surface area contributed by atoms with Crippen molar-refractivity contribution in [2.75, 3.05) is 18.9 Å². The first-order valence-corrected chi connectivity index (χ1v) is 9.50. The van der Waals surface area contributed by atoms with Gasteiger partial charge in [0, 0.05) is 6.54 Å². The molecule has 28 heavy (non-hydrogen) atoms. The lowest BCUT2D eigenvalue weighted by atomic mass is 9.93. The Hall–Kier alpha value is -2.83. The van der Waals surface area contributed by atoms with Crippen molar-refractivity contribution in [3.05, 3.63) is 29.0 Å². The number of ether oxygens (including phenoxy) is 1. The molecule has 1 amide bonds. The Kier molecular flexibility index (Phi) is 6.48. The van der Waals surface area contributed by atoms with Crippen molar-refractivity contribution >= 4 is 28.5 Å². The molecule has 0 radical (unpaired) electrons. The molecule has 2 aromatic rings. The van der Waals surface area contributed by atoms with Gasteiger partial charge in [0.15, 0.2) is 0 Å². The Morgan fingerprint density at radius 3 is 2.54 bits per heavy atom. The Labute approximate surface area is 165 Å². The summed E-state index contributed by atoms with van der Waals surface area (Å²) in [5, 5.41) is 12.9. The van der Waals surface area contributed by atoms with E-state index in [1.165, 1.54) is 0 Å². The second-order valence-corrected chi connectivity index (χ2v) is 7.54. The number of fused-ring (bicyclic) bond motifs is 1. The monoisotopic (exact) mass is 387 g/mol. The van der Waals surface area contributed by atoms with Gasteiger partial charge in [-0.05, 0) is 45.2 Å². The molecule has 0 aliphatic heterocycles. The Balaban J connectivity index is 2.50. The summed E-state index contributed by atoms with van der Waals surface area (Å²) in [5.41, 5.74) is 7.45. The third-order valence-electron chi connectivity index (χ3n) is 4.69. The summed E-state index contributed by atoms with van der Waals surface area (Å²) < 4.78 is 6.03. The molecule has 0 saturated heterocycles. The van der Waals surface area contributed by atoms with E-state index in [4.69, 9.17) is 10.5 Å². The van der Waals surface area contributed by atoms with E-state index in [9.17, 15) is 14.7 Å². The smallest absolute Gasteiger partial charge is 0.339 e. The molecule has 1 heterocycles. The van der Waals surface area contributed by atoms with E-state index in [2.05, 4.69) is 10.3 Å². The van der Waals surface area contributed by atoms with E-state index in [-0.39, 0.29) is 23.8 Å². The van der Waals surface area contributed by atoms with Crippen LogP contribution in [0.2, 0.25) is 0 Å². The van der Waals surface area contributed by atoms with Gasteiger partial charge in [0.1, 0.15) is 17.9 Å².